The van der Waals surface area contributed by atoms with Gasteiger partial charge in [-0.3, -0.25) is 0 Å². The van der Waals surface area contributed by atoms with Crippen LogP contribution in [0.4, 0.5) is 0 Å². The van der Waals surface area contributed by atoms with Crippen molar-refractivity contribution in [3.05, 3.63) is 70.3 Å². The maximum absolute atomic E-state index is 12.4. The van der Waals surface area contributed by atoms with E-state index < -0.39 is 9.05 Å². The van der Waals surface area contributed by atoms with Gasteiger partial charge in [0.1, 0.15) is 5.75 Å². The molecule has 6 heteroatoms. The summed E-state index contributed by atoms with van der Waals surface area (Å²) in [5.74, 6) is 0.599. The zero-order valence-electron chi connectivity index (χ0n) is 14.2. The minimum atomic E-state index is -3.96. The second-order valence-corrected chi connectivity index (χ2v) is 9.89. The summed E-state index contributed by atoms with van der Waals surface area (Å²) in [6, 6.07) is 20.9. The lowest BCUT2D eigenvalue weighted by atomic mass is 9.93. The molecule has 0 heterocycles. The molecule has 0 atom stereocenters. The predicted molar refractivity (Wildman–Crippen MR) is 119 cm³/mol. The molecule has 0 aliphatic rings. The average molecular weight is 509 g/mol. The third-order valence-corrected chi connectivity index (χ3v) is 6.60. The lowest BCUT2D eigenvalue weighted by Crippen LogP contribution is -1.99. The third kappa shape index (κ3) is 3.28. The van der Waals surface area contributed by atoms with Crippen molar-refractivity contribution < 1.29 is 13.2 Å². The van der Waals surface area contributed by atoms with Crippen molar-refractivity contribution in [3.8, 4) is 16.9 Å². The zero-order chi connectivity index (χ0) is 19.2. The number of hydrogen-bond donors (Lipinski definition) is 0. The van der Waals surface area contributed by atoms with Gasteiger partial charge in [0.15, 0.2) is 0 Å². The monoisotopic (exact) mass is 508 g/mol. The van der Waals surface area contributed by atoms with Crippen molar-refractivity contribution in [3.63, 3.8) is 0 Å². The summed E-state index contributed by atoms with van der Waals surface area (Å²) >= 11 is 2.26. The van der Waals surface area contributed by atoms with E-state index in [9.17, 15) is 8.42 Å². The highest BCUT2D eigenvalue weighted by Crippen LogP contribution is 2.44. The number of rotatable bonds is 3. The van der Waals surface area contributed by atoms with Gasteiger partial charge in [-0.2, -0.15) is 0 Å². The van der Waals surface area contributed by atoms with Crippen LogP contribution in [0, 0.1) is 3.57 Å². The van der Waals surface area contributed by atoms with Crippen molar-refractivity contribution in [1.82, 2.24) is 0 Å². The molecular weight excluding hydrogens is 495 g/mol. The first-order valence-electron chi connectivity index (χ1n) is 8.13. The Morgan fingerprint density at radius 1 is 0.852 bits per heavy atom. The highest BCUT2D eigenvalue weighted by atomic mass is 127. The van der Waals surface area contributed by atoms with Crippen LogP contribution in [-0.4, -0.2) is 15.5 Å². The molecule has 0 N–H and O–H groups in total. The summed E-state index contributed by atoms with van der Waals surface area (Å²) < 4.78 is 31.5. The van der Waals surface area contributed by atoms with E-state index in [-0.39, 0.29) is 4.90 Å². The van der Waals surface area contributed by atoms with Gasteiger partial charge < -0.3 is 4.74 Å². The number of halogens is 2. The molecule has 0 aliphatic heterocycles. The molecule has 4 aromatic carbocycles. The Morgan fingerprint density at radius 3 is 2.30 bits per heavy atom. The maximum Gasteiger partial charge on any atom is 0.261 e. The van der Waals surface area contributed by atoms with Crippen LogP contribution < -0.4 is 4.74 Å². The number of benzene rings is 4. The largest absolute Gasteiger partial charge is 0.496 e. The van der Waals surface area contributed by atoms with Crippen molar-refractivity contribution >= 4 is 63.9 Å². The summed E-state index contributed by atoms with van der Waals surface area (Å²) in [6.45, 7) is 0. The van der Waals surface area contributed by atoms with Gasteiger partial charge in [0, 0.05) is 25.4 Å². The molecule has 0 amide bonds. The van der Waals surface area contributed by atoms with Crippen molar-refractivity contribution in [2.75, 3.05) is 7.11 Å². The normalized spacial score (nSPS) is 11.8. The van der Waals surface area contributed by atoms with Crippen molar-refractivity contribution in [2.24, 2.45) is 0 Å². The van der Waals surface area contributed by atoms with Crippen LogP contribution in [-0.2, 0) is 9.05 Å². The van der Waals surface area contributed by atoms with Crippen LogP contribution in [0.5, 0.6) is 5.75 Å². The molecule has 0 saturated heterocycles. The van der Waals surface area contributed by atoms with Crippen LogP contribution in [0.15, 0.2) is 71.6 Å². The molecule has 4 rings (SSSR count). The van der Waals surface area contributed by atoms with Crippen molar-refractivity contribution in [1.29, 1.82) is 0 Å². The maximum atomic E-state index is 12.4. The molecule has 0 saturated carbocycles. The standard InChI is InChI=1S/C21H14ClIO3S/c1-26-18-10-6-14-12-15(23)8-9-17(14)20(18)21-16-5-3-2-4-13(16)7-11-19(21)27(22,24)25/h2-12H,1H3. The van der Waals surface area contributed by atoms with E-state index >= 15 is 0 Å². The van der Waals surface area contributed by atoms with E-state index in [2.05, 4.69) is 28.7 Å². The molecule has 0 aromatic heterocycles. The SMILES string of the molecule is COc1ccc2cc(I)ccc2c1-c1c(S(=O)(=O)Cl)ccc2ccccc12. The van der Waals surface area contributed by atoms with Gasteiger partial charge in [-0.05, 0) is 68.4 Å². The van der Waals surface area contributed by atoms with Crippen LogP contribution in [0.1, 0.15) is 0 Å². The van der Waals surface area contributed by atoms with E-state index in [1.165, 1.54) is 0 Å². The first kappa shape index (κ1) is 18.5. The van der Waals surface area contributed by atoms with Gasteiger partial charge in [0.05, 0.1) is 12.0 Å². The second-order valence-electron chi connectivity index (χ2n) is 6.11. The smallest absolute Gasteiger partial charge is 0.261 e. The molecule has 0 radical (unpaired) electrons. The minimum absolute atomic E-state index is 0.0761. The fourth-order valence-corrected chi connectivity index (χ4v) is 5.01. The lowest BCUT2D eigenvalue weighted by molar-refractivity contribution is 0.417. The van der Waals surface area contributed by atoms with Gasteiger partial charge >= 0.3 is 0 Å². The molecular formula is C21H14ClIO3S. The second kappa shape index (κ2) is 6.96. The molecule has 0 unspecified atom stereocenters. The van der Waals surface area contributed by atoms with Crippen LogP contribution >= 0.6 is 33.3 Å². The highest BCUT2D eigenvalue weighted by Gasteiger charge is 2.23. The van der Waals surface area contributed by atoms with Gasteiger partial charge in [-0.1, -0.05) is 42.5 Å². The number of ether oxygens (including phenoxy) is 1. The minimum Gasteiger partial charge on any atom is -0.496 e. The molecule has 3 nitrogen and oxygen atoms in total. The summed E-state index contributed by atoms with van der Waals surface area (Å²) in [4.78, 5) is 0.0761. The zero-order valence-corrected chi connectivity index (χ0v) is 18.0. The van der Waals surface area contributed by atoms with E-state index in [4.69, 9.17) is 15.4 Å². The third-order valence-electron chi connectivity index (χ3n) is 4.57. The molecule has 0 fully saturated rings. The fraction of sp³-hybridized carbons (Fsp3) is 0.0476. The number of hydrogen-bond acceptors (Lipinski definition) is 3. The number of methoxy groups -OCH3 is 1. The molecule has 27 heavy (non-hydrogen) atoms. The van der Waals surface area contributed by atoms with Crippen molar-refractivity contribution in [2.45, 2.75) is 4.90 Å². The highest BCUT2D eigenvalue weighted by molar-refractivity contribution is 14.1. The van der Waals surface area contributed by atoms with E-state index in [0.29, 0.717) is 11.3 Å². The predicted octanol–water partition coefficient (Wildman–Crippen LogP) is 6.20. The van der Waals surface area contributed by atoms with Crippen LogP contribution in [0.3, 0.4) is 0 Å². The van der Waals surface area contributed by atoms with Crippen LogP contribution in [0.25, 0.3) is 32.7 Å². The van der Waals surface area contributed by atoms with E-state index in [1.54, 1.807) is 19.2 Å². The Hall–Kier alpha value is -1.83. The Kier molecular flexibility index (Phi) is 4.78. The quantitative estimate of drug-likeness (QED) is 0.244. The summed E-state index contributed by atoms with van der Waals surface area (Å²) in [6.07, 6.45) is 0. The number of fused-ring (bicyclic) bond motifs is 2. The molecule has 136 valence electrons. The molecule has 0 bridgehead atoms. The van der Waals surface area contributed by atoms with Gasteiger partial charge in [0.25, 0.3) is 9.05 Å². The van der Waals surface area contributed by atoms with Gasteiger partial charge in [-0.15, -0.1) is 0 Å². The Bertz CT molecular complexity index is 1300. The first-order valence-corrected chi connectivity index (χ1v) is 11.5. The fourth-order valence-electron chi connectivity index (χ4n) is 3.42. The molecule has 0 spiro atoms. The van der Waals surface area contributed by atoms with Gasteiger partial charge in [0.2, 0.25) is 0 Å². The first-order chi connectivity index (χ1) is 12.9. The van der Waals surface area contributed by atoms with Gasteiger partial charge in [-0.25, -0.2) is 8.42 Å². The molecule has 4 aromatic rings. The van der Waals surface area contributed by atoms with E-state index in [1.807, 2.05) is 48.5 Å². The lowest BCUT2D eigenvalue weighted by Gasteiger charge is -2.17. The Balaban J connectivity index is 2.26. The topological polar surface area (TPSA) is 43.4 Å². The average Bonchev–Trinajstić information content (AvgIpc) is 2.65. The Morgan fingerprint density at radius 2 is 1.56 bits per heavy atom. The Labute approximate surface area is 175 Å². The van der Waals surface area contributed by atoms with E-state index in [0.717, 1.165) is 30.7 Å². The molecule has 0 aliphatic carbocycles. The van der Waals surface area contributed by atoms with Crippen LogP contribution in [0.2, 0.25) is 0 Å². The summed E-state index contributed by atoms with van der Waals surface area (Å²) in [5.41, 5.74) is 1.29. The summed E-state index contributed by atoms with van der Waals surface area (Å²) in [7, 11) is 3.44. The summed E-state index contributed by atoms with van der Waals surface area (Å²) in [5, 5.41) is 3.65.